The van der Waals surface area contributed by atoms with Gasteiger partial charge >= 0.3 is 0 Å². The van der Waals surface area contributed by atoms with Crippen molar-refractivity contribution in [2.24, 2.45) is 0 Å². The first-order valence-corrected chi connectivity index (χ1v) is 8.67. The van der Waals surface area contributed by atoms with E-state index >= 15 is 0 Å². The zero-order valence-corrected chi connectivity index (χ0v) is 14.0. The Morgan fingerprint density at radius 3 is 2.78 bits per heavy atom. The van der Waals surface area contributed by atoms with Crippen LogP contribution in [0.15, 0.2) is 12.1 Å². The molecule has 0 aromatic heterocycles. The monoisotopic (exact) mass is 338 g/mol. The Hall–Kier alpha value is -1.46. The third-order valence-corrected chi connectivity index (χ3v) is 4.50. The van der Waals surface area contributed by atoms with Gasteiger partial charge in [-0.2, -0.15) is 0 Å². The van der Waals surface area contributed by atoms with Gasteiger partial charge in [0.05, 0.1) is 11.4 Å². The summed E-state index contributed by atoms with van der Waals surface area (Å²) in [7, 11) is 0. The van der Waals surface area contributed by atoms with Crippen LogP contribution in [-0.2, 0) is 11.2 Å². The summed E-state index contributed by atoms with van der Waals surface area (Å²) in [5.74, 6) is 1.21. The summed E-state index contributed by atoms with van der Waals surface area (Å²) >= 11 is 6.19. The Balaban J connectivity index is 1.48. The molecule has 0 aliphatic carbocycles. The number of nitrogens with one attached hydrogen (secondary N) is 1. The van der Waals surface area contributed by atoms with Crippen LogP contribution in [0.3, 0.4) is 0 Å². The van der Waals surface area contributed by atoms with Crippen LogP contribution in [0.25, 0.3) is 0 Å². The largest absolute Gasteiger partial charge is 0.486 e. The summed E-state index contributed by atoms with van der Waals surface area (Å²) in [4.78, 5) is 14.5. The minimum atomic E-state index is 0.00903. The number of piperidine rings is 1. The second kappa shape index (κ2) is 7.88. The zero-order valence-electron chi connectivity index (χ0n) is 13.3. The first-order valence-electron chi connectivity index (χ1n) is 8.29. The molecule has 1 aromatic rings. The highest BCUT2D eigenvalue weighted by Gasteiger charge is 2.17. The standard InChI is InChI=1S/C17H23ClN2O3/c18-14-10-13(11-15-17(14)23-9-8-22-15)12-16(21)19-4-7-20-5-2-1-3-6-20/h10-11H,1-9,12H2,(H,19,21). The highest BCUT2D eigenvalue weighted by atomic mass is 35.5. The molecule has 1 N–H and O–H groups in total. The van der Waals surface area contributed by atoms with Gasteiger partial charge in [-0.3, -0.25) is 4.79 Å². The smallest absolute Gasteiger partial charge is 0.224 e. The van der Waals surface area contributed by atoms with Gasteiger partial charge in [0.2, 0.25) is 5.91 Å². The molecule has 0 atom stereocenters. The van der Waals surface area contributed by atoms with E-state index in [1.54, 1.807) is 6.07 Å². The van der Waals surface area contributed by atoms with Gasteiger partial charge in [-0.25, -0.2) is 0 Å². The molecule has 2 aliphatic rings. The maximum absolute atomic E-state index is 12.1. The molecule has 23 heavy (non-hydrogen) atoms. The van der Waals surface area contributed by atoms with E-state index in [9.17, 15) is 4.79 Å². The molecule has 0 bridgehead atoms. The fourth-order valence-corrected chi connectivity index (χ4v) is 3.34. The third kappa shape index (κ3) is 4.52. The predicted molar refractivity (Wildman–Crippen MR) is 89.4 cm³/mol. The summed E-state index contributed by atoms with van der Waals surface area (Å²) in [5, 5.41) is 3.48. The summed E-state index contributed by atoms with van der Waals surface area (Å²) in [6.45, 7) is 4.92. The molecule has 2 aliphatic heterocycles. The van der Waals surface area contributed by atoms with Crippen LogP contribution in [-0.4, -0.2) is 50.2 Å². The van der Waals surface area contributed by atoms with Crippen LogP contribution in [0.1, 0.15) is 24.8 Å². The number of carbonyl (C=O) groups is 1. The molecule has 0 radical (unpaired) electrons. The van der Waals surface area contributed by atoms with Crippen molar-refractivity contribution in [2.45, 2.75) is 25.7 Å². The number of halogens is 1. The van der Waals surface area contributed by atoms with Crippen molar-refractivity contribution in [3.63, 3.8) is 0 Å². The van der Waals surface area contributed by atoms with Crippen molar-refractivity contribution in [3.8, 4) is 11.5 Å². The zero-order chi connectivity index (χ0) is 16.1. The quantitative estimate of drug-likeness (QED) is 0.894. The summed E-state index contributed by atoms with van der Waals surface area (Å²) in [6.07, 6.45) is 4.16. The van der Waals surface area contributed by atoms with E-state index in [2.05, 4.69) is 10.2 Å². The molecule has 0 spiro atoms. The number of ether oxygens (including phenoxy) is 2. The molecule has 3 rings (SSSR count). The van der Waals surface area contributed by atoms with E-state index in [0.717, 1.165) is 25.2 Å². The average Bonchev–Trinajstić information content (AvgIpc) is 2.56. The van der Waals surface area contributed by atoms with Crippen LogP contribution in [0, 0.1) is 0 Å². The molecule has 2 heterocycles. The van der Waals surface area contributed by atoms with E-state index in [1.165, 1.54) is 19.3 Å². The fraction of sp³-hybridized carbons (Fsp3) is 0.588. The summed E-state index contributed by atoms with van der Waals surface area (Å²) < 4.78 is 11.0. The lowest BCUT2D eigenvalue weighted by molar-refractivity contribution is -0.120. The van der Waals surface area contributed by atoms with E-state index in [4.69, 9.17) is 21.1 Å². The van der Waals surface area contributed by atoms with Gasteiger partial charge in [-0.05, 0) is 43.6 Å². The molecule has 1 aromatic carbocycles. The second-order valence-electron chi connectivity index (χ2n) is 6.03. The maximum Gasteiger partial charge on any atom is 0.224 e. The van der Waals surface area contributed by atoms with Crippen molar-refractivity contribution in [3.05, 3.63) is 22.7 Å². The molecule has 1 amide bonds. The Morgan fingerprint density at radius 2 is 1.96 bits per heavy atom. The molecular weight excluding hydrogens is 316 g/mol. The van der Waals surface area contributed by atoms with Crippen LogP contribution >= 0.6 is 11.6 Å². The van der Waals surface area contributed by atoms with Crippen LogP contribution < -0.4 is 14.8 Å². The molecule has 126 valence electrons. The van der Waals surface area contributed by atoms with Crippen molar-refractivity contribution in [1.29, 1.82) is 0 Å². The van der Waals surface area contributed by atoms with Crippen molar-refractivity contribution in [2.75, 3.05) is 39.4 Å². The fourth-order valence-electron chi connectivity index (χ4n) is 3.05. The van der Waals surface area contributed by atoms with Gasteiger partial charge < -0.3 is 19.7 Å². The first-order chi connectivity index (χ1) is 11.2. The van der Waals surface area contributed by atoms with E-state index in [0.29, 0.717) is 42.7 Å². The normalized spacial score (nSPS) is 17.8. The molecule has 0 unspecified atom stereocenters. The van der Waals surface area contributed by atoms with E-state index in [-0.39, 0.29) is 5.91 Å². The number of carbonyl (C=O) groups excluding carboxylic acids is 1. The number of rotatable bonds is 5. The molecule has 6 heteroatoms. The highest BCUT2D eigenvalue weighted by molar-refractivity contribution is 6.32. The minimum Gasteiger partial charge on any atom is -0.486 e. The van der Waals surface area contributed by atoms with Gasteiger partial charge in [-0.15, -0.1) is 0 Å². The second-order valence-corrected chi connectivity index (χ2v) is 6.44. The Morgan fingerprint density at radius 1 is 1.17 bits per heavy atom. The SMILES string of the molecule is O=C(Cc1cc(Cl)c2c(c1)OCCO2)NCCN1CCCCC1. The van der Waals surface area contributed by atoms with E-state index in [1.807, 2.05) is 6.07 Å². The lowest BCUT2D eigenvalue weighted by Crippen LogP contribution is -2.38. The van der Waals surface area contributed by atoms with Crippen LogP contribution in [0.4, 0.5) is 0 Å². The average molecular weight is 339 g/mol. The number of hydrogen-bond donors (Lipinski definition) is 1. The summed E-state index contributed by atoms with van der Waals surface area (Å²) in [5.41, 5.74) is 0.842. The van der Waals surface area contributed by atoms with Crippen LogP contribution in [0.2, 0.25) is 5.02 Å². The highest BCUT2D eigenvalue weighted by Crippen LogP contribution is 2.38. The molecule has 0 saturated carbocycles. The lowest BCUT2D eigenvalue weighted by atomic mass is 10.1. The minimum absolute atomic E-state index is 0.00903. The number of fused-ring (bicyclic) bond motifs is 1. The summed E-state index contributed by atoms with van der Waals surface area (Å²) in [6, 6.07) is 3.61. The molecule has 1 fully saturated rings. The molecule has 5 nitrogen and oxygen atoms in total. The number of hydrogen-bond acceptors (Lipinski definition) is 4. The number of likely N-dealkylation sites (tertiary alicyclic amines) is 1. The Kier molecular flexibility index (Phi) is 5.62. The Labute approximate surface area is 141 Å². The number of amides is 1. The van der Waals surface area contributed by atoms with Gasteiger partial charge in [0, 0.05) is 13.1 Å². The molecule has 1 saturated heterocycles. The van der Waals surface area contributed by atoms with Gasteiger partial charge in [-0.1, -0.05) is 18.0 Å². The predicted octanol–water partition coefficient (Wildman–Crippen LogP) is 2.26. The number of benzene rings is 1. The third-order valence-electron chi connectivity index (χ3n) is 4.22. The molecular formula is C17H23ClN2O3. The first kappa shape index (κ1) is 16.4. The van der Waals surface area contributed by atoms with Crippen molar-refractivity contribution < 1.29 is 14.3 Å². The van der Waals surface area contributed by atoms with Crippen molar-refractivity contribution in [1.82, 2.24) is 10.2 Å². The van der Waals surface area contributed by atoms with Gasteiger partial charge in [0.15, 0.2) is 11.5 Å². The topological polar surface area (TPSA) is 50.8 Å². The van der Waals surface area contributed by atoms with Crippen LogP contribution in [0.5, 0.6) is 11.5 Å². The lowest BCUT2D eigenvalue weighted by Gasteiger charge is -2.26. The van der Waals surface area contributed by atoms with Gasteiger partial charge in [0.1, 0.15) is 13.2 Å². The Bertz CT molecular complexity index is 559. The maximum atomic E-state index is 12.1. The van der Waals surface area contributed by atoms with Crippen molar-refractivity contribution >= 4 is 17.5 Å². The van der Waals surface area contributed by atoms with Gasteiger partial charge in [0.25, 0.3) is 0 Å². The number of nitrogens with zero attached hydrogens (tertiary/aromatic N) is 1. The van der Waals surface area contributed by atoms with E-state index < -0.39 is 0 Å².